The van der Waals surface area contributed by atoms with Crippen LogP contribution in [0.25, 0.3) is 0 Å². The molecule has 2 aliphatic rings. The molecule has 3 rings (SSSR count). The third-order valence-electron chi connectivity index (χ3n) is 4.54. The van der Waals surface area contributed by atoms with Gasteiger partial charge in [0.15, 0.2) is 9.84 Å². The minimum absolute atomic E-state index is 0.257. The maximum Gasteiger partial charge on any atom is 0.151 e. The second kappa shape index (κ2) is 7.01. The molecule has 1 saturated carbocycles. The highest BCUT2D eigenvalue weighted by Gasteiger charge is 2.32. The average molecular weight is 323 g/mol. The number of hydrogen-bond acceptors (Lipinski definition) is 4. The van der Waals surface area contributed by atoms with Crippen LogP contribution in [-0.4, -0.2) is 32.6 Å². The molecule has 1 heterocycles. The number of anilines is 1. The van der Waals surface area contributed by atoms with Crippen molar-refractivity contribution in [3.63, 3.8) is 0 Å². The SMILES string of the molecule is O=S1(=O)CC(CNc2cccc(COC3CCCCC3)c2)C1. The van der Waals surface area contributed by atoms with Crippen LogP contribution in [-0.2, 0) is 21.2 Å². The van der Waals surface area contributed by atoms with E-state index in [0.29, 0.717) is 24.2 Å². The van der Waals surface area contributed by atoms with Crippen LogP contribution >= 0.6 is 0 Å². The van der Waals surface area contributed by atoms with E-state index in [1.54, 1.807) is 0 Å². The van der Waals surface area contributed by atoms with E-state index in [9.17, 15) is 8.42 Å². The van der Waals surface area contributed by atoms with Gasteiger partial charge in [0.05, 0.1) is 24.2 Å². The Kier molecular flexibility index (Phi) is 5.03. The van der Waals surface area contributed by atoms with Gasteiger partial charge in [0.1, 0.15) is 0 Å². The van der Waals surface area contributed by atoms with Crippen LogP contribution in [0.15, 0.2) is 24.3 Å². The first-order chi connectivity index (χ1) is 10.6. The lowest BCUT2D eigenvalue weighted by molar-refractivity contribution is 0.0169. The van der Waals surface area contributed by atoms with Gasteiger partial charge in [-0.25, -0.2) is 8.42 Å². The first-order valence-corrected chi connectivity index (χ1v) is 10.1. The van der Waals surface area contributed by atoms with Crippen molar-refractivity contribution in [2.75, 3.05) is 23.4 Å². The van der Waals surface area contributed by atoms with E-state index in [0.717, 1.165) is 12.2 Å². The van der Waals surface area contributed by atoms with Crippen LogP contribution in [0.5, 0.6) is 0 Å². The zero-order chi connectivity index (χ0) is 15.4. The fraction of sp³-hybridized carbons (Fsp3) is 0.647. The van der Waals surface area contributed by atoms with E-state index in [1.807, 2.05) is 12.1 Å². The summed E-state index contributed by atoms with van der Waals surface area (Å²) in [6, 6.07) is 8.24. The quantitative estimate of drug-likeness (QED) is 0.874. The smallest absolute Gasteiger partial charge is 0.151 e. The molecule has 1 N–H and O–H groups in total. The number of rotatable bonds is 6. The summed E-state index contributed by atoms with van der Waals surface area (Å²) in [6.45, 7) is 1.39. The molecule has 0 unspecified atom stereocenters. The number of benzene rings is 1. The largest absolute Gasteiger partial charge is 0.385 e. The second-order valence-corrected chi connectivity index (χ2v) is 8.75. The molecule has 1 aromatic carbocycles. The molecule has 0 bridgehead atoms. The Labute approximate surface area is 133 Å². The third-order valence-corrected chi connectivity index (χ3v) is 6.50. The molecular formula is C17H25NO3S. The van der Waals surface area contributed by atoms with Gasteiger partial charge in [-0.15, -0.1) is 0 Å². The fourth-order valence-electron chi connectivity index (χ4n) is 3.27. The Morgan fingerprint density at radius 1 is 1.14 bits per heavy atom. The van der Waals surface area contributed by atoms with Gasteiger partial charge >= 0.3 is 0 Å². The Morgan fingerprint density at radius 2 is 1.91 bits per heavy atom. The zero-order valence-electron chi connectivity index (χ0n) is 13.0. The van der Waals surface area contributed by atoms with Gasteiger partial charge in [0.25, 0.3) is 0 Å². The van der Waals surface area contributed by atoms with Crippen LogP contribution < -0.4 is 5.32 Å². The molecule has 0 radical (unpaired) electrons. The van der Waals surface area contributed by atoms with E-state index in [-0.39, 0.29) is 5.92 Å². The van der Waals surface area contributed by atoms with Crippen molar-refractivity contribution in [1.29, 1.82) is 0 Å². The van der Waals surface area contributed by atoms with Gasteiger partial charge in [-0.3, -0.25) is 0 Å². The molecule has 22 heavy (non-hydrogen) atoms. The van der Waals surface area contributed by atoms with Gasteiger partial charge < -0.3 is 10.1 Å². The standard InChI is InChI=1S/C17H25NO3S/c19-22(20)12-15(13-22)10-18-16-6-4-5-14(9-16)11-21-17-7-2-1-3-8-17/h4-6,9,15,17-18H,1-3,7-8,10-13H2. The summed E-state index contributed by atoms with van der Waals surface area (Å²) in [5.41, 5.74) is 2.23. The molecule has 122 valence electrons. The second-order valence-electron chi connectivity index (χ2n) is 6.60. The predicted molar refractivity (Wildman–Crippen MR) is 88.7 cm³/mol. The summed E-state index contributed by atoms with van der Waals surface area (Å²) in [5, 5.41) is 3.34. The molecule has 0 atom stereocenters. The monoisotopic (exact) mass is 323 g/mol. The molecule has 0 aromatic heterocycles. The minimum atomic E-state index is -2.72. The van der Waals surface area contributed by atoms with Gasteiger partial charge in [-0.1, -0.05) is 31.4 Å². The van der Waals surface area contributed by atoms with Crippen molar-refractivity contribution in [2.24, 2.45) is 5.92 Å². The minimum Gasteiger partial charge on any atom is -0.385 e. The van der Waals surface area contributed by atoms with Crippen molar-refractivity contribution in [3.05, 3.63) is 29.8 Å². The topological polar surface area (TPSA) is 55.4 Å². The lowest BCUT2D eigenvalue weighted by atomic mass is 9.98. The summed E-state index contributed by atoms with van der Waals surface area (Å²) >= 11 is 0. The number of ether oxygens (including phenoxy) is 1. The van der Waals surface area contributed by atoms with Gasteiger partial charge in [-0.2, -0.15) is 0 Å². The normalized spacial score (nSPS) is 22.2. The number of hydrogen-bond donors (Lipinski definition) is 1. The Balaban J connectivity index is 1.45. The highest BCUT2D eigenvalue weighted by atomic mass is 32.2. The first kappa shape index (κ1) is 15.8. The molecule has 1 aliphatic carbocycles. The van der Waals surface area contributed by atoms with Gasteiger partial charge in [-0.05, 0) is 30.5 Å². The maximum absolute atomic E-state index is 11.2. The van der Waals surface area contributed by atoms with Gasteiger partial charge in [0.2, 0.25) is 0 Å². The lowest BCUT2D eigenvalue weighted by Crippen LogP contribution is -2.40. The highest BCUT2D eigenvalue weighted by molar-refractivity contribution is 7.92. The zero-order valence-corrected chi connectivity index (χ0v) is 13.8. The molecule has 5 heteroatoms. The van der Waals surface area contributed by atoms with Crippen LogP contribution in [0.3, 0.4) is 0 Å². The maximum atomic E-state index is 11.2. The highest BCUT2D eigenvalue weighted by Crippen LogP contribution is 2.22. The molecule has 1 saturated heterocycles. The van der Waals surface area contributed by atoms with Crippen LogP contribution in [0.2, 0.25) is 0 Å². The summed E-state index contributed by atoms with van der Waals surface area (Å²) in [7, 11) is -2.72. The van der Waals surface area contributed by atoms with Crippen molar-refractivity contribution < 1.29 is 13.2 Å². The molecular weight excluding hydrogens is 298 g/mol. The van der Waals surface area contributed by atoms with E-state index >= 15 is 0 Å². The fourth-order valence-corrected chi connectivity index (χ4v) is 4.84. The molecule has 2 fully saturated rings. The van der Waals surface area contributed by atoms with Crippen molar-refractivity contribution >= 4 is 15.5 Å². The van der Waals surface area contributed by atoms with E-state index in [1.165, 1.54) is 37.7 Å². The van der Waals surface area contributed by atoms with Crippen LogP contribution in [0.1, 0.15) is 37.7 Å². The van der Waals surface area contributed by atoms with E-state index in [2.05, 4.69) is 17.4 Å². The number of sulfone groups is 1. The predicted octanol–water partition coefficient (Wildman–Crippen LogP) is 2.99. The summed E-state index contributed by atoms with van der Waals surface area (Å²) < 4.78 is 28.3. The van der Waals surface area contributed by atoms with Gasteiger partial charge in [0, 0.05) is 18.2 Å². The Bertz CT molecular complexity index is 582. The molecule has 0 spiro atoms. The molecule has 0 amide bonds. The summed E-state index contributed by atoms with van der Waals surface area (Å²) in [5.74, 6) is 0.904. The van der Waals surface area contributed by atoms with E-state index < -0.39 is 9.84 Å². The van der Waals surface area contributed by atoms with Crippen molar-refractivity contribution in [1.82, 2.24) is 0 Å². The van der Waals surface area contributed by atoms with Crippen LogP contribution in [0, 0.1) is 5.92 Å². The van der Waals surface area contributed by atoms with E-state index in [4.69, 9.17) is 4.74 Å². The molecule has 4 nitrogen and oxygen atoms in total. The summed E-state index contributed by atoms with van der Waals surface area (Å²) in [4.78, 5) is 0. The number of nitrogens with one attached hydrogen (secondary N) is 1. The summed E-state index contributed by atoms with van der Waals surface area (Å²) in [6.07, 6.45) is 6.72. The van der Waals surface area contributed by atoms with Crippen molar-refractivity contribution in [3.8, 4) is 0 Å². The first-order valence-electron chi connectivity index (χ1n) is 8.25. The molecule has 1 aromatic rings. The van der Waals surface area contributed by atoms with Crippen molar-refractivity contribution in [2.45, 2.75) is 44.8 Å². The Hall–Kier alpha value is -1.07. The average Bonchev–Trinajstić information content (AvgIpc) is 2.50. The van der Waals surface area contributed by atoms with Crippen LogP contribution in [0.4, 0.5) is 5.69 Å². The molecule has 1 aliphatic heterocycles. The lowest BCUT2D eigenvalue weighted by Gasteiger charge is -2.26. The Morgan fingerprint density at radius 3 is 2.64 bits per heavy atom. The third kappa shape index (κ3) is 4.46.